The van der Waals surface area contributed by atoms with Gasteiger partial charge in [0.1, 0.15) is 5.65 Å². The summed E-state index contributed by atoms with van der Waals surface area (Å²) in [5.74, 6) is 0. The van der Waals surface area contributed by atoms with Crippen molar-refractivity contribution in [2.45, 2.75) is 59.8 Å². The molecule has 0 fully saturated rings. The SMILES string of the molecule is Cc1nc2c(c(C)c(C)n2Cc2cnn(C)c2)c(-c2ccc(Cl)cc2)c1C(C#N)OC(C)(C)C. The van der Waals surface area contributed by atoms with E-state index in [1.54, 1.807) is 4.68 Å². The quantitative estimate of drug-likeness (QED) is 0.333. The molecule has 0 aliphatic carbocycles. The molecule has 0 spiro atoms. The lowest BCUT2D eigenvalue weighted by Gasteiger charge is -2.26. The van der Waals surface area contributed by atoms with Crippen LogP contribution in [0.1, 0.15) is 55.0 Å². The highest BCUT2D eigenvalue weighted by Gasteiger charge is 2.29. The first-order valence-corrected chi connectivity index (χ1v) is 11.7. The first-order valence-electron chi connectivity index (χ1n) is 11.3. The molecule has 3 aromatic heterocycles. The minimum atomic E-state index is -0.760. The predicted octanol–water partition coefficient (Wildman–Crippen LogP) is 6.44. The van der Waals surface area contributed by atoms with Gasteiger partial charge in [0.15, 0.2) is 6.10 Å². The van der Waals surface area contributed by atoms with Gasteiger partial charge in [0, 0.05) is 51.7 Å². The van der Waals surface area contributed by atoms with Crippen LogP contribution in [0, 0.1) is 32.1 Å². The van der Waals surface area contributed by atoms with Crippen molar-refractivity contribution in [2.75, 3.05) is 0 Å². The fraction of sp³-hybridized carbons (Fsp3) is 0.370. The summed E-state index contributed by atoms with van der Waals surface area (Å²) < 4.78 is 10.3. The Hall–Kier alpha value is -3.14. The van der Waals surface area contributed by atoms with Gasteiger partial charge in [-0.15, -0.1) is 0 Å². The largest absolute Gasteiger partial charge is 0.353 e. The minimum Gasteiger partial charge on any atom is -0.353 e. The normalized spacial score (nSPS) is 12.8. The fourth-order valence-electron chi connectivity index (χ4n) is 4.47. The fourth-order valence-corrected chi connectivity index (χ4v) is 4.59. The Morgan fingerprint density at radius 3 is 2.38 bits per heavy atom. The van der Waals surface area contributed by atoms with Crippen molar-refractivity contribution in [3.8, 4) is 17.2 Å². The summed E-state index contributed by atoms with van der Waals surface area (Å²) in [6.45, 7) is 12.7. The third kappa shape index (κ3) is 4.46. The zero-order chi connectivity index (χ0) is 24.8. The van der Waals surface area contributed by atoms with Gasteiger partial charge in [-0.1, -0.05) is 23.7 Å². The van der Waals surface area contributed by atoms with Crippen molar-refractivity contribution in [1.82, 2.24) is 19.3 Å². The van der Waals surface area contributed by atoms with Crippen LogP contribution in [0.5, 0.6) is 0 Å². The molecule has 0 N–H and O–H groups in total. The number of hydrogen-bond acceptors (Lipinski definition) is 4. The van der Waals surface area contributed by atoms with E-state index >= 15 is 0 Å². The molecule has 4 rings (SSSR count). The summed E-state index contributed by atoms with van der Waals surface area (Å²) >= 11 is 6.22. The molecule has 1 unspecified atom stereocenters. The molecular weight excluding hydrogens is 446 g/mol. The first kappa shape index (κ1) is 24.0. The topological polar surface area (TPSA) is 68.7 Å². The predicted molar refractivity (Wildman–Crippen MR) is 136 cm³/mol. The van der Waals surface area contributed by atoms with E-state index in [2.05, 4.69) is 29.6 Å². The number of nitriles is 1. The van der Waals surface area contributed by atoms with Crippen molar-refractivity contribution in [2.24, 2.45) is 7.05 Å². The maximum atomic E-state index is 10.1. The number of aromatic nitrogens is 4. The maximum Gasteiger partial charge on any atom is 0.172 e. The molecule has 176 valence electrons. The lowest BCUT2D eigenvalue weighted by Crippen LogP contribution is -2.23. The molecule has 0 amide bonds. The number of pyridine rings is 1. The smallest absolute Gasteiger partial charge is 0.172 e. The van der Waals surface area contributed by atoms with Gasteiger partial charge in [0.2, 0.25) is 0 Å². The molecule has 3 heterocycles. The standard InChI is InChI=1S/C27H30ClN5O/c1-16-18(3)33(15-19-13-30-32(7)14-19)26-23(16)25(20-8-10-21(28)11-9-20)24(17(2)31-26)22(12-29)34-27(4,5)6/h8-11,13-14,22H,15H2,1-7H3. The van der Waals surface area contributed by atoms with Crippen LogP contribution in [0.15, 0.2) is 36.7 Å². The Balaban J connectivity index is 2.05. The molecule has 0 aliphatic heterocycles. The number of benzene rings is 1. The van der Waals surface area contributed by atoms with Crippen molar-refractivity contribution in [3.05, 3.63) is 69.8 Å². The second kappa shape index (κ2) is 8.90. The molecule has 1 atom stereocenters. The van der Waals surface area contributed by atoms with Crippen molar-refractivity contribution >= 4 is 22.6 Å². The van der Waals surface area contributed by atoms with E-state index < -0.39 is 11.7 Å². The Kier molecular flexibility index (Phi) is 6.28. The summed E-state index contributed by atoms with van der Waals surface area (Å²) in [5.41, 5.74) is 7.29. The molecule has 0 radical (unpaired) electrons. The number of rotatable bonds is 5. The highest BCUT2D eigenvalue weighted by Crippen LogP contribution is 2.42. The highest BCUT2D eigenvalue weighted by atomic mass is 35.5. The Labute approximate surface area is 205 Å². The summed E-state index contributed by atoms with van der Waals surface area (Å²) in [5, 5.41) is 16.2. The van der Waals surface area contributed by atoms with Gasteiger partial charge in [0.25, 0.3) is 0 Å². The summed E-state index contributed by atoms with van der Waals surface area (Å²) in [6, 6.07) is 10.1. The van der Waals surface area contributed by atoms with Crippen molar-refractivity contribution in [3.63, 3.8) is 0 Å². The summed E-state index contributed by atoms with van der Waals surface area (Å²) in [7, 11) is 1.92. The van der Waals surface area contributed by atoms with Gasteiger partial charge in [-0.3, -0.25) is 4.68 Å². The van der Waals surface area contributed by atoms with E-state index in [4.69, 9.17) is 21.3 Å². The van der Waals surface area contributed by atoms with E-state index in [-0.39, 0.29) is 0 Å². The molecule has 0 bridgehead atoms. The Morgan fingerprint density at radius 2 is 1.82 bits per heavy atom. The van der Waals surface area contributed by atoms with Gasteiger partial charge in [-0.2, -0.15) is 10.4 Å². The molecule has 7 heteroatoms. The number of ether oxygens (including phenoxy) is 1. The average Bonchev–Trinajstić information content (AvgIpc) is 3.28. The Bertz CT molecular complexity index is 1400. The molecule has 6 nitrogen and oxygen atoms in total. The van der Waals surface area contributed by atoms with Gasteiger partial charge in [-0.25, -0.2) is 4.98 Å². The van der Waals surface area contributed by atoms with Crippen LogP contribution in [0.3, 0.4) is 0 Å². The van der Waals surface area contributed by atoms with Crippen LogP contribution in [0.25, 0.3) is 22.2 Å². The number of hydrogen-bond donors (Lipinski definition) is 0. The molecule has 34 heavy (non-hydrogen) atoms. The second-order valence-corrected chi connectivity index (χ2v) is 10.2. The Morgan fingerprint density at radius 1 is 1.15 bits per heavy atom. The van der Waals surface area contributed by atoms with Crippen LogP contribution in [0.2, 0.25) is 5.02 Å². The summed E-state index contributed by atoms with van der Waals surface area (Å²) in [6.07, 6.45) is 3.14. The van der Waals surface area contributed by atoms with Gasteiger partial charge < -0.3 is 9.30 Å². The average molecular weight is 476 g/mol. The van der Waals surface area contributed by atoms with Crippen molar-refractivity contribution < 1.29 is 4.74 Å². The van der Waals surface area contributed by atoms with E-state index in [1.807, 2.05) is 71.4 Å². The third-order valence-corrected chi connectivity index (χ3v) is 6.32. The second-order valence-electron chi connectivity index (χ2n) is 9.75. The van der Waals surface area contributed by atoms with E-state index in [9.17, 15) is 5.26 Å². The number of aryl methyl sites for hydroxylation is 3. The lowest BCUT2D eigenvalue weighted by molar-refractivity contribution is -0.0361. The highest BCUT2D eigenvalue weighted by molar-refractivity contribution is 6.30. The van der Waals surface area contributed by atoms with Crippen LogP contribution < -0.4 is 0 Å². The zero-order valence-corrected chi connectivity index (χ0v) is 21.5. The first-order chi connectivity index (χ1) is 16.0. The van der Waals surface area contributed by atoms with E-state index in [1.165, 1.54) is 0 Å². The monoisotopic (exact) mass is 475 g/mol. The van der Waals surface area contributed by atoms with Crippen LogP contribution in [-0.4, -0.2) is 24.9 Å². The molecule has 0 aliphatic rings. The zero-order valence-electron chi connectivity index (χ0n) is 20.8. The van der Waals surface area contributed by atoms with Gasteiger partial charge in [-0.05, 0) is 64.8 Å². The molecule has 1 aromatic carbocycles. The van der Waals surface area contributed by atoms with E-state index in [0.29, 0.717) is 11.6 Å². The van der Waals surface area contributed by atoms with Gasteiger partial charge in [0.05, 0.1) is 24.4 Å². The van der Waals surface area contributed by atoms with Gasteiger partial charge >= 0.3 is 0 Å². The van der Waals surface area contributed by atoms with Crippen LogP contribution in [0.4, 0.5) is 0 Å². The number of fused-ring (bicyclic) bond motifs is 1. The molecule has 0 saturated carbocycles. The number of halogens is 1. The maximum absolute atomic E-state index is 10.1. The molecule has 4 aromatic rings. The molecular formula is C27H30ClN5O. The minimum absolute atomic E-state index is 0.490. The third-order valence-electron chi connectivity index (χ3n) is 6.07. The summed E-state index contributed by atoms with van der Waals surface area (Å²) in [4.78, 5) is 5.04. The van der Waals surface area contributed by atoms with Crippen molar-refractivity contribution in [1.29, 1.82) is 5.26 Å². The number of nitrogens with zero attached hydrogens (tertiary/aromatic N) is 5. The van der Waals surface area contributed by atoms with Crippen LogP contribution >= 0.6 is 11.6 Å². The van der Waals surface area contributed by atoms with E-state index in [0.717, 1.165) is 50.2 Å². The molecule has 0 saturated heterocycles. The van der Waals surface area contributed by atoms with Crippen LogP contribution in [-0.2, 0) is 18.3 Å². The lowest BCUT2D eigenvalue weighted by atomic mass is 9.91.